The number of fused-ring (bicyclic) bond motifs is 1. The standard InChI is InChI=1S/C20H20ClN3O2/c1-23-17(10-13-5-4-7-16(21)19(13)23)20(26)24-11-14(18(25)12-24)9-15-6-2-3-8-22-15/h2-8,10,14,18,25H,9,11-12H2,1H3. The Kier molecular flexibility index (Phi) is 4.42. The number of amides is 1. The van der Waals surface area contributed by atoms with Crippen LogP contribution >= 0.6 is 11.6 Å². The van der Waals surface area contributed by atoms with E-state index in [9.17, 15) is 9.90 Å². The number of nitrogens with zero attached hydrogens (tertiary/aromatic N) is 3. The minimum absolute atomic E-state index is 0.00729. The van der Waals surface area contributed by atoms with E-state index in [0.717, 1.165) is 16.6 Å². The Labute approximate surface area is 156 Å². The molecule has 6 heteroatoms. The number of hydrogen-bond donors (Lipinski definition) is 1. The number of aliphatic hydroxyl groups is 1. The number of rotatable bonds is 3. The summed E-state index contributed by atoms with van der Waals surface area (Å²) in [5, 5.41) is 12.0. The van der Waals surface area contributed by atoms with E-state index in [2.05, 4.69) is 4.98 Å². The van der Waals surface area contributed by atoms with Gasteiger partial charge in [-0.05, 0) is 30.7 Å². The van der Waals surface area contributed by atoms with Gasteiger partial charge in [0.25, 0.3) is 5.91 Å². The molecule has 4 rings (SSSR count). The second-order valence-corrected chi connectivity index (χ2v) is 7.24. The van der Waals surface area contributed by atoms with Gasteiger partial charge in [0, 0.05) is 43.3 Å². The first kappa shape index (κ1) is 17.1. The number of benzene rings is 1. The molecule has 1 fully saturated rings. The molecule has 0 aliphatic carbocycles. The highest BCUT2D eigenvalue weighted by atomic mass is 35.5. The Morgan fingerprint density at radius 2 is 2.12 bits per heavy atom. The van der Waals surface area contributed by atoms with Gasteiger partial charge < -0.3 is 14.6 Å². The van der Waals surface area contributed by atoms with Gasteiger partial charge in [0.15, 0.2) is 0 Å². The molecule has 26 heavy (non-hydrogen) atoms. The molecule has 1 aromatic carbocycles. The molecule has 1 aliphatic rings. The van der Waals surface area contributed by atoms with E-state index in [1.165, 1.54) is 0 Å². The first-order valence-corrected chi connectivity index (χ1v) is 9.03. The van der Waals surface area contributed by atoms with Crippen LogP contribution in [0.25, 0.3) is 10.9 Å². The molecule has 2 atom stereocenters. The van der Waals surface area contributed by atoms with Crippen LogP contribution in [0.4, 0.5) is 0 Å². The van der Waals surface area contributed by atoms with Crippen LogP contribution in [0, 0.1) is 5.92 Å². The van der Waals surface area contributed by atoms with Crippen molar-refractivity contribution >= 4 is 28.4 Å². The number of aryl methyl sites for hydroxylation is 1. The number of para-hydroxylation sites is 1. The zero-order valence-corrected chi connectivity index (χ0v) is 15.2. The molecule has 3 heterocycles. The summed E-state index contributed by atoms with van der Waals surface area (Å²) >= 11 is 6.28. The van der Waals surface area contributed by atoms with Crippen LogP contribution in [0.2, 0.25) is 5.02 Å². The monoisotopic (exact) mass is 369 g/mol. The molecule has 1 amide bonds. The Morgan fingerprint density at radius 3 is 2.85 bits per heavy atom. The van der Waals surface area contributed by atoms with E-state index >= 15 is 0 Å². The summed E-state index contributed by atoms with van der Waals surface area (Å²) in [6, 6.07) is 13.3. The third-order valence-electron chi connectivity index (χ3n) is 5.12. The van der Waals surface area contributed by atoms with E-state index < -0.39 is 6.10 Å². The van der Waals surface area contributed by atoms with Gasteiger partial charge in [-0.15, -0.1) is 0 Å². The quantitative estimate of drug-likeness (QED) is 0.772. The molecule has 0 spiro atoms. The number of β-amino-alcohol motifs (C(OH)–C–C–N with tert-alkyl or cyclic N) is 1. The summed E-state index contributed by atoms with van der Waals surface area (Å²) in [5.74, 6) is -0.0885. The molecule has 0 radical (unpaired) electrons. The lowest BCUT2D eigenvalue weighted by Crippen LogP contribution is -2.31. The van der Waals surface area contributed by atoms with E-state index in [4.69, 9.17) is 11.6 Å². The maximum absolute atomic E-state index is 13.0. The molecule has 1 N–H and O–H groups in total. The highest BCUT2D eigenvalue weighted by Crippen LogP contribution is 2.28. The zero-order valence-electron chi connectivity index (χ0n) is 14.5. The molecule has 3 aromatic rings. The van der Waals surface area contributed by atoms with Crippen LogP contribution < -0.4 is 0 Å². The molecule has 5 nitrogen and oxygen atoms in total. The number of halogens is 1. The smallest absolute Gasteiger partial charge is 0.270 e. The van der Waals surface area contributed by atoms with Crippen molar-refractivity contribution in [1.82, 2.24) is 14.5 Å². The summed E-state index contributed by atoms with van der Waals surface area (Å²) in [6.07, 6.45) is 1.87. The van der Waals surface area contributed by atoms with Gasteiger partial charge in [-0.1, -0.05) is 29.8 Å². The lowest BCUT2D eigenvalue weighted by Gasteiger charge is -2.16. The zero-order chi connectivity index (χ0) is 18.3. The van der Waals surface area contributed by atoms with E-state index in [-0.39, 0.29) is 11.8 Å². The lowest BCUT2D eigenvalue weighted by molar-refractivity contribution is 0.0756. The summed E-state index contributed by atoms with van der Waals surface area (Å²) in [7, 11) is 1.85. The van der Waals surface area contributed by atoms with Crippen molar-refractivity contribution in [2.75, 3.05) is 13.1 Å². The molecule has 1 saturated heterocycles. The minimum atomic E-state index is -0.542. The van der Waals surface area contributed by atoms with Gasteiger partial charge in [-0.2, -0.15) is 0 Å². The van der Waals surface area contributed by atoms with Gasteiger partial charge in [0.2, 0.25) is 0 Å². The van der Waals surface area contributed by atoms with Gasteiger partial charge in [-0.3, -0.25) is 9.78 Å². The van der Waals surface area contributed by atoms with Crippen molar-refractivity contribution in [3.63, 3.8) is 0 Å². The Balaban J connectivity index is 1.56. The minimum Gasteiger partial charge on any atom is -0.391 e. The number of hydrogen-bond acceptors (Lipinski definition) is 3. The number of aromatic nitrogens is 2. The summed E-state index contributed by atoms with van der Waals surface area (Å²) in [4.78, 5) is 19.1. The SMILES string of the molecule is Cn1c(C(=O)N2CC(O)C(Cc3ccccn3)C2)cc2cccc(Cl)c21. The van der Waals surface area contributed by atoms with Crippen molar-refractivity contribution in [3.05, 3.63) is 65.1 Å². The first-order valence-electron chi connectivity index (χ1n) is 8.66. The van der Waals surface area contributed by atoms with Crippen LogP contribution in [-0.4, -0.2) is 44.7 Å². The van der Waals surface area contributed by atoms with Gasteiger partial charge >= 0.3 is 0 Å². The van der Waals surface area contributed by atoms with E-state index in [0.29, 0.717) is 30.2 Å². The second kappa shape index (κ2) is 6.74. The van der Waals surface area contributed by atoms with Gasteiger partial charge in [0.1, 0.15) is 5.69 Å². The third kappa shape index (κ3) is 2.97. The average Bonchev–Trinajstić information content (AvgIpc) is 3.17. The Hall–Kier alpha value is -2.37. The molecule has 2 unspecified atom stereocenters. The molecule has 134 valence electrons. The number of aliphatic hydroxyl groups excluding tert-OH is 1. The fraction of sp³-hybridized carbons (Fsp3) is 0.300. The highest BCUT2D eigenvalue weighted by Gasteiger charge is 2.35. The van der Waals surface area contributed by atoms with Crippen molar-refractivity contribution in [1.29, 1.82) is 0 Å². The largest absolute Gasteiger partial charge is 0.391 e. The third-order valence-corrected chi connectivity index (χ3v) is 5.42. The topological polar surface area (TPSA) is 58.4 Å². The van der Waals surface area contributed by atoms with Crippen molar-refractivity contribution < 1.29 is 9.90 Å². The summed E-state index contributed by atoms with van der Waals surface area (Å²) in [6.45, 7) is 0.859. The number of carbonyl (C=O) groups excluding carboxylic acids is 1. The van der Waals surface area contributed by atoms with Crippen LogP contribution in [0.5, 0.6) is 0 Å². The second-order valence-electron chi connectivity index (χ2n) is 6.83. The van der Waals surface area contributed by atoms with Crippen molar-refractivity contribution in [2.45, 2.75) is 12.5 Å². The van der Waals surface area contributed by atoms with Crippen LogP contribution in [0.3, 0.4) is 0 Å². The predicted molar refractivity (Wildman–Crippen MR) is 101 cm³/mol. The van der Waals surface area contributed by atoms with Gasteiger partial charge in [-0.25, -0.2) is 0 Å². The van der Waals surface area contributed by atoms with Gasteiger partial charge in [0.05, 0.1) is 16.6 Å². The lowest BCUT2D eigenvalue weighted by atomic mass is 10.00. The molecule has 0 saturated carbocycles. The average molecular weight is 370 g/mol. The number of pyridine rings is 1. The van der Waals surface area contributed by atoms with E-state index in [1.807, 2.05) is 54.1 Å². The number of carbonyl (C=O) groups is 1. The van der Waals surface area contributed by atoms with Crippen LogP contribution in [0.1, 0.15) is 16.2 Å². The van der Waals surface area contributed by atoms with Crippen LogP contribution in [0.15, 0.2) is 48.7 Å². The molecule has 2 aromatic heterocycles. The summed E-state index contributed by atoms with van der Waals surface area (Å²) in [5.41, 5.74) is 2.36. The van der Waals surface area contributed by atoms with Crippen LogP contribution in [-0.2, 0) is 13.5 Å². The fourth-order valence-electron chi connectivity index (χ4n) is 3.74. The highest BCUT2D eigenvalue weighted by molar-refractivity contribution is 6.35. The maximum Gasteiger partial charge on any atom is 0.270 e. The summed E-state index contributed by atoms with van der Waals surface area (Å²) < 4.78 is 1.83. The predicted octanol–water partition coefficient (Wildman–Crippen LogP) is 2.90. The van der Waals surface area contributed by atoms with E-state index in [1.54, 1.807) is 11.1 Å². The molecule has 1 aliphatic heterocycles. The molecular formula is C20H20ClN3O2. The van der Waals surface area contributed by atoms with Crippen molar-refractivity contribution in [2.24, 2.45) is 13.0 Å². The van der Waals surface area contributed by atoms with Crippen molar-refractivity contribution in [3.8, 4) is 0 Å². The fourth-order valence-corrected chi connectivity index (χ4v) is 4.05. The Morgan fingerprint density at radius 1 is 1.27 bits per heavy atom. The maximum atomic E-state index is 13.0. The first-order chi connectivity index (χ1) is 12.5. The normalized spacial score (nSPS) is 20.0. The number of likely N-dealkylation sites (tertiary alicyclic amines) is 1. The molecule has 0 bridgehead atoms. The Bertz CT molecular complexity index is 954. The molecular weight excluding hydrogens is 350 g/mol.